The number of aliphatic hydroxyl groups excluding tert-OH is 1. The summed E-state index contributed by atoms with van der Waals surface area (Å²) in [6.07, 6.45) is 15.2. The van der Waals surface area contributed by atoms with Crippen LogP contribution in [0.2, 0.25) is 0 Å². The van der Waals surface area contributed by atoms with Gasteiger partial charge in [-0.15, -0.1) is 0 Å². The third-order valence-electron chi connectivity index (χ3n) is 11.1. The summed E-state index contributed by atoms with van der Waals surface area (Å²) in [5.74, 6) is 5.46. The van der Waals surface area contributed by atoms with E-state index in [1.807, 2.05) is 0 Å². The Morgan fingerprint density at radius 2 is 1.83 bits per heavy atom. The number of hydrogen-bond acceptors (Lipinski definition) is 1. The molecule has 4 aliphatic rings. The summed E-state index contributed by atoms with van der Waals surface area (Å²) < 4.78 is 8.29. The zero-order chi connectivity index (χ0) is 22.6. The van der Waals surface area contributed by atoms with Gasteiger partial charge in [0.1, 0.15) is 0 Å². The van der Waals surface area contributed by atoms with Gasteiger partial charge in [0.25, 0.3) is 0 Å². The minimum atomic E-state index is -0.0949. The van der Waals surface area contributed by atoms with Gasteiger partial charge in [-0.05, 0) is 110 Å². The van der Waals surface area contributed by atoms with Crippen molar-refractivity contribution in [1.29, 1.82) is 0 Å². The van der Waals surface area contributed by atoms with Crippen LogP contribution in [0.3, 0.4) is 0 Å². The van der Waals surface area contributed by atoms with Crippen molar-refractivity contribution in [2.45, 2.75) is 118 Å². The van der Waals surface area contributed by atoms with Crippen molar-refractivity contribution in [3.05, 3.63) is 11.6 Å². The highest BCUT2D eigenvalue weighted by atomic mass is 16.3. The number of allylic oxidation sites excluding steroid dienone is 1. The van der Waals surface area contributed by atoms with E-state index in [0.717, 1.165) is 42.4 Å². The summed E-state index contributed by atoms with van der Waals surface area (Å²) in [5.41, 5.74) is 2.49. The lowest BCUT2D eigenvalue weighted by Gasteiger charge is -2.58. The van der Waals surface area contributed by atoms with Gasteiger partial charge in [-0.3, -0.25) is 0 Å². The van der Waals surface area contributed by atoms with Crippen molar-refractivity contribution in [3.63, 3.8) is 0 Å². The molecule has 4 rings (SSSR count). The van der Waals surface area contributed by atoms with Crippen molar-refractivity contribution in [2.75, 3.05) is 0 Å². The highest BCUT2D eigenvalue weighted by Crippen LogP contribution is 2.67. The molecular formula is C29H50O. The summed E-state index contributed by atoms with van der Waals surface area (Å²) in [7, 11) is 0. The van der Waals surface area contributed by atoms with Gasteiger partial charge in [0.2, 0.25) is 0 Å². The van der Waals surface area contributed by atoms with E-state index in [2.05, 4.69) is 47.6 Å². The third kappa shape index (κ3) is 3.74. The lowest BCUT2D eigenvalue weighted by atomic mass is 9.47. The zero-order valence-electron chi connectivity index (χ0n) is 21.8. The van der Waals surface area contributed by atoms with E-state index < -0.39 is 0 Å². The van der Waals surface area contributed by atoms with Crippen LogP contribution in [-0.4, -0.2) is 11.2 Å². The lowest BCUT2D eigenvalue weighted by Crippen LogP contribution is -2.50. The second-order valence-electron chi connectivity index (χ2n) is 12.7. The topological polar surface area (TPSA) is 20.2 Å². The van der Waals surface area contributed by atoms with Crippen LogP contribution in [0.4, 0.5) is 0 Å². The average molecular weight is 416 g/mol. The molecule has 0 aromatic rings. The monoisotopic (exact) mass is 415 g/mol. The van der Waals surface area contributed by atoms with Gasteiger partial charge in [-0.2, -0.15) is 0 Å². The number of fused-ring (bicyclic) bond motifs is 5. The number of rotatable bonds is 6. The first-order chi connectivity index (χ1) is 14.6. The zero-order valence-corrected chi connectivity index (χ0v) is 20.8. The van der Waals surface area contributed by atoms with Crippen molar-refractivity contribution in [1.82, 2.24) is 0 Å². The maximum Gasteiger partial charge on any atom is 0.0577 e. The molecule has 1 heteroatoms. The molecule has 0 aromatic carbocycles. The molecule has 0 bridgehead atoms. The fourth-order valence-electron chi connectivity index (χ4n) is 9.16. The minimum Gasteiger partial charge on any atom is -0.393 e. The van der Waals surface area contributed by atoms with E-state index in [1.54, 1.807) is 5.57 Å². The highest BCUT2D eigenvalue weighted by molar-refractivity contribution is 5.25. The van der Waals surface area contributed by atoms with Crippen LogP contribution in [0.1, 0.15) is 114 Å². The fourth-order valence-corrected chi connectivity index (χ4v) is 9.16. The molecule has 4 aliphatic carbocycles. The van der Waals surface area contributed by atoms with Gasteiger partial charge in [-0.1, -0.05) is 66.0 Å². The maximum absolute atomic E-state index is 10.3. The fraction of sp³-hybridized carbons (Fsp3) is 0.931. The third-order valence-corrected chi connectivity index (χ3v) is 11.1. The normalized spacial score (nSPS) is 46.9. The van der Waals surface area contributed by atoms with Crippen LogP contribution in [0, 0.1) is 52.3 Å². The van der Waals surface area contributed by atoms with Crippen LogP contribution in [0.15, 0.2) is 11.6 Å². The number of hydrogen-bond donors (Lipinski definition) is 1. The molecule has 0 aromatic heterocycles. The predicted octanol–water partition coefficient (Wildman–Crippen LogP) is 8.02. The van der Waals surface area contributed by atoms with Crippen molar-refractivity contribution >= 4 is 0 Å². The van der Waals surface area contributed by atoms with E-state index in [4.69, 9.17) is 1.37 Å². The van der Waals surface area contributed by atoms with Gasteiger partial charge in [0.05, 0.1) is 6.10 Å². The van der Waals surface area contributed by atoms with Crippen LogP contribution in [-0.2, 0) is 0 Å². The van der Waals surface area contributed by atoms with Crippen LogP contribution < -0.4 is 0 Å². The Morgan fingerprint density at radius 3 is 2.53 bits per heavy atom. The summed E-state index contributed by atoms with van der Waals surface area (Å²) in [5, 5.41) is 10.3. The molecule has 0 amide bonds. The molecular weight excluding hydrogens is 364 g/mol. The molecule has 0 unspecified atom stereocenters. The lowest BCUT2D eigenvalue weighted by molar-refractivity contribution is -0.0575. The first-order valence-electron chi connectivity index (χ1n) is 14.0. The second kappa shape index (κ2) is 8.57. The van der Waals surface area contributed by atoms with Crippen molar-refractivity contribution < 1.29 is 6.48 Å². The Bertz CT molecular complexity index is 660. The molecule has 1 N–H and O–H groups in total. The van der Waals surface area contributed by atoms with E-state index in [9.17, 15) is 5.11 Å². The predicted molar refractivity (Wildman–Crippen MR) is 128 cm³/mol. The summed E-state index contributed by atoms with van der Waals surface area (Å²) >= 11 is 0. The van der Waals surface area contributed by atoms with Crippen LogP contribution in [0.25, 0.3) is 0 Å². The smallest absolute Gasteiger partial charge is 0.0577 e. The minimum absolute atomic E-state index is 0.0625. The Labute approximate surface area is 188 Å². The van der Waals surface area contributed by atoms with E-state index >= 15 is 0 Å². The standard InChI is InChI=1S/C29H50O/c1-7-21(19(2)3)9-8-20(4)25-12-13-26-24-11-10-22-18-23(30)14-16-28(22,5)27(24)15-17-29(25,26)6/h10,19-21,23-27,30H,7-9,11-18H2,1-6H3/t20-,21-,23+,24+,25-,26+,27+,28+,29-/m1/s1/i7D/t7-,20-,21-,23+,24+,25-,26+,27+,28+,29-. The van der Waals surface area contributed by atoms with E-state index in [0.29, 0.717) is 22.7 Å². The van der Waals surface area contributed by atoms with Crippen molar-refractivity contribution in [2.24, 2.45) is 52.3 Å². The molecule has 0 spiro atoms. The maximum atomic E-state index is 10.3. The Morgan fingerprint density at radius 1 is 1.07 bits per heavy atom. The average Bonchev–Trinajstić information content (AvgIpc) is 3.05. The molecule has 10 atom stereocenters. The quantitative estimate of drug-likeness (QED) is 0.435. The molecule has 0 heterocycles. The molecule has 0 radical (unpaired) electrons. The molecule has 1 nitrogen and oxygen atoms in total. The van der Waals surface area contributed by atoms with Gasteiger partial charge < -0.3 is 5.11 Å². The SMILES string of the molecule is [2H][C@H](C)[C@H](CC[C@@H](C)[C@H]1CC[C@H]2[C@@H]3CC=C4C[C@@H](O)CC[C@]4(C)[C@H]3CC[C@]12C)C(C)C. The van der Waals surface area contributed by atoms with Crippen LogP contribution >= 0.6 is 0 Å². The molecule has 3 saturated carbocycles. The first-order valence-corrected chi connectivity index (χ1v) is 13.4. The molecule has 0 saturated heterocycles. The second-order valence-corrected chi connectivity index (χ2v) is 12.7. The Balaban J connectivity index is 1.47. The van der Waals surface area contributed by atoms with E-state index in [1.165, 1.54) is 51.4 Å². The molecule has 172 valence electrons. The van der Waals surface area contributed by atoms with Crippen LogP contribution in [0.5, 0.6) is 0 Å². The summed E-state index contributed by atoms with van der Waals surface area (Å²) in [4.78, 5) is 0. The van der Waals surface area contributed by atoms with Gasteiger partial charge >= 0.3 is 0 Å². The largest absolute Gasteiger partial charge is 0.393 e. The Hall–Kier alpha value is -0.300. The van der Waals surface area contributed by atoms with Crippen molar-refractivity contribution in [3.8, 4) is 0 Å². The summed E-state index contributed by atoms with van der Waals surface area (Å²) in [6.45, 7) is 14.5. The van der Waals surface area contributed by atoms with Gasteiger partial charge in [-0.25, -0.2) is 0 Å². The molecule has 30 heavy (non-hydrogen) atoms. The van der Waals surface area contributed by atoms with Gasteiger partial charge in [0.15, 0.2) is 0 Å². The van der Waals surface area contributed by atoms with Gasteiger partial charge in [0, 0.05) is 1.37 Å². The summed E-state index contributed by atoms with van der Waals surface area (Å²) in [6, 6.07) is 0. The Kier molecular flexibility index (Phi) is 6.15. The molecule has 0 aliphatic heterocycles. The first kappa shape index (κ1) is 21.5. The highest BCUT2D eigenvalue weighted by Gasteiger charge is 2.59. The van der Waals surface area contributed by atoms with E-state index in [-0.39, 0.29) is 12.5 Å². The number of aliphatic hydroxyl groups is 1. The molecule has 3 fully saturated rings.